The standard InChI is InChI=1S/C14H7F5O2/c15-12-10(9-3-1-8(7-20)2-4-9)5-6-11(13(12)16)21-14(17,18)19/h1-7H. The van der Waals surface area contributed by atoms with Crippen LogP contribution in [0.2, 0.25) is 0 Å². The van der Waals surface area contributed by atoms with E-state index in [4.69, 9.17) is 0 Å². The molecular weight excluding hydrogens is 295 g/mol. The molecule has 0 aliphatic rings. The van der Waals surface area contributed by atoms with Crippen molar-refractivity contribution in [1.82, 2.24) is 0 Å². The van der Waals surface area contributed by atoms with Crippen LogP contribution >= 0.6 is 0 Å². The SMILES string of the molecule is O=Cc1ccc(-c2ccc(OC(F)(F)F)c(F)c2F)cc1. The summed E-state index contributed by atoms with van der Waals surface area (Å²) < 4.78 is 66.8. The molecule has 0 atom stereocenters. The summed E-state index contributed by atoms with van der Waals surface area (Å²) in [6.07, 6.45) is -4.54. The maximum absolute atomic E-state index is 13.8. The van der Waals surface area contributed by atoms with E-state index in [1.807, 2.05) is 0 Å². The predicted octanol–water partition coefficient (Wildman–Crippen LogP) is 4.34. The molecule has 0 unspecified atom stereocenters. The molecule has 110 valence electrons. The zero-order valence-corrected chi connectivity index (χ0v) is 10.2. The number of hydrogen-bond donors (Lipinski definition) is 0. The zero-order valence-electron chi connectivity index (χ0n) is 10.2. The van der Waals surface area contributed by atoms with E-state index in [2.05, 4.69) is 4.74 Å². The quantitative estimate of drug-likeness (QED) is 0.622. The van der Waals surface area contributed by atoms with E-state index in [1.165, 1.54) is 24.3 Å². The van der Waals surface area contributed by atoms with Gasteiger partial charge in [0.05, 0.1) is 0 Å². The van der Waals surface area contributed by atoms with Gasteiger partial charge in [-0.2, -0.15) is 4.39 Å². The van der Waals surface area contributed by atoms with E-state index in [9.17, 15) is 26.7 Å². The van der Waals surface area contributed by atoms with Gasteiger partial charge in [-0.15, -0.1) is 13.2 Å². The average molecular weight is 302 g/mol. The molecule has 7 heteroatoms. The van der Waals surface area contributed by atoms with E-state index in [0.29, 0.717) is 17.9 Å². The number of hydrogen-bond acceptors (Lipinski definition) is 2. The second kappa shape index (κ2) is 5.51. The predicted molar refractivity (Wildman–Crippen MR) is 63.9 cm³/mol. The van der Waals surface area contributed by atoms with Crippen LogP contribution in [0, 0.1) is 11.6 Å². The lowest BCUT2D eigenvalue weighted by Gasteiger charge is -2.12. The number of rotatable bonds is 3. The minimum Gasteiger partial charge on any atom is -0.403 e. The van der Waals surface area contributed by atoms with Gasteiger partial charge >= 0.3 is 6.36 Å². The number of aldehydes is 1. The summed E-state index contributed by atoms with van der Waals surface area (Å²) in [7, 11) is 0. The van der Waals surface area contributed by atoms with Gasteiger partial charge < -0.3 is 4.74 Å². The first-order chi connectivity index (χ1) is 9.81. The highest BCUT2D eigenvalue weighted by Crippen LogP contribution is 2.32. The van der Waals surface area contributed by atoms with Crippen LogP contribution in [-0.4, -0.2) is 12.6 Å². The molecule has 0 aromatic heterocycles. The highest BCUT2D eigenvalue weighted by atomic mass is 19.4. The summed E-state index contributed by atoms with van der Waals surface area (Å²) in [5, 5.41) is 0. The Morgan fingerprint density at radius 1 is 0.905 bits per heavy atom. The van der Waals surface area contributed by atoms with Gasteiger partial charge in [-0.1, -0.05) is 24.3 Å². The van der Waals surface area contributed by atoms with Gasteiger partial charge in [-0.3, -0.25) is 4.79 Å². The summed E-state index contributed by atoms with van der Waals surface area (Å²) in [6.45, 7) is 0. The third-order valence-electron chi connectivity index (χ3n) is 2.63. The summed E-state index contributed by atoms with van der Waals surface area (Å²) in [4.78, 5) is 10.5. The lowest BCUT2D eigenvalue weighted by molar-refractivity contribution is -0.275. The molecule has 2 rings (SSSR count). The molecule has 0 saturated heterocycles. The van der Waals surface area contributed by atoms with Crippen LogP contribution in [0.3, 0.4) is 0 Å². The van der Waals surface area contributed by atoms with Crippen LogP contribution in [0.15, 0.2) is 36.4 Å². The number of benzene rings is 2. The van der Waals surface area contributed by atoms with Crippen molar-refractivity contribution < 1.29 is 31.5 Å². The number of carbonyl (C=O) groups is 1. The lowest BCUT2D eigenvalue weighted by atomic mass is 10.0. The molecule has 0 spiro atoms. The van der Waals surface area contributed by atoms with Gasteiger partial charge in [-0.25, -0.2) is 4.39 Å². The van der Waals surface area contributed by atoms with Gasteiger partial charge in [0.2, 0.25) is 5.82 Å². The number of halogens is 5. The average Bonchev–Trinajstić information content (AvgIpc) is 2.43. The van der Waals surface area contributed by atoms with Crippen LogP contribution < -0.4 is 4.74 Å². The smallest absolute Gasteiger partial charge is 0.403 e. The van der Waals surface area contributed by atoms with E-state index >= 15 is 0 Å². The minimum absolute atomic E-state index is 0.218. The second-order valence-electron chi connectivity index (χ2n) is 4.03. The Kier molecular flexibility index (Phi) is 3.93. The van der Waals surface area contributed by atoms with Gasteiger partial charge in [0, 0.05) is 11.1 Å². The van der Waals surface area contributed by atoms with Crippen molar-refractivity contribution in [3.8, 4) is 16.9 Å². The van der Waals surface area contributed by atoms with Crippen LogP contribution in [0.1, 0.15) is 10.4 Å². The summed E-state index contributed by atoms with van der Waals surface area (Å²) in [5.74, 6) is -4.44. The monoisotopic (exact) mass is 302 g/mol. The van der Waals surface area contributed by atoms with Crippen molar-refractivity contribution >= 4 is 6.29 Å². The largest absolute Gasteiger partial charge is 0.573 e. The Morgan fingerprint density at radius 2 is 1.52 bits per heavy atom. The normalized spacial score (nSPS) is 11.3. The van der Waals surface area contributed by atoms with Crippen LogP contribution in [0.25, 0.3) is 11.1 Å². The molecule has 0 heterocycles. The van der Waals surface area contributed by atoms with Crippen LogP contribution in [0.4, 0.5) is 22.0 Å². The molecule has 0 fully saturated rings. The first-order valence-electron chi connectivity index (χ1n) is 5.61. The second-order valence-corrected chi connectivity index (χ2v) is 4.03. The van der Waals surface area contributed by atoms with E-state index < -0.39 is 23.7 Å². The first-order valence-corrected chi connectivity index (χ1v) is 5.61. The van der Waals surface area contributed by atoms with Crippen molar-refractivity contribution in [2.24, 2.45) is 0 Å². The van der Waals surface area contributed by atoms with Crippen molar-refractivity contribution in [3.05, 3.63) is 53.6 Å². The molecule has 2 aromatic rings. The molecular formula is C14H7F5O2. The minimum atomic E-state index is -5.11. The Hall–Kier alpha value is -2.44. The maximum atomic E-state index is 13.8. The van der Waals surface area contributed by atoms with Gasteiger partial charge in [0.1, 0.15) is 6.29 Å². The van der Waals surface area contributed by atoms with Crippen LogP contribution in [-0.2, 0) is 0 Å². The third kappa shape index (κ3) is 3.36. The topological polar surface area (TPSA) is 26.3 Å². The fourth-order valence-corrected chi connectivity index (χ4v) is 1.70. The molecule has 0 N–H and O–H groups in total. The highest BCUT2D eigenvalue weighted by molar-refractivity contribution is 5.77. The van der Waals surface area contributed by atoms with E-state index in [0.717, 1.165) is 6.07 Å². The van der Waals surface area contributed by atoms with E-state index in [1.54, 1.807) is 0 Å². The fourth-order valence-electron chi connectivity index (χ4n) is 1.70. The van der Waals surface area contributed by atoms with Crippen molar-refractivity contribution in [1.29, 1.82) is 0 Å². The molecule has 0 saturated carbocycles. The maximum Gasteiger partial charge on any atom is 0.573 e. The van der Waals surface area contributed by atoms with Gasteiger partial charge in [0.25, 0.3) is 0 Å². The van der Waals surface area contributed by atoms with Gasteiger partial charge in [-0.05, 0) is 17.7 Å². The van der Waals surface area contributed by atoms with Crippen molar-refractivity contribution in [2.45, 2.75) is 6.36 Å². The molecule has 2 nitrogen and oxygen atoms in total. The summed E-state index contributed by atoms with van der Waals surface area (Å²) >= 11 is 0. The first kappa shape index (κ1) is 15.0. The highest BCUT2D eigenvalue weighted by Gasteiger charge is 2.33. The molecule has 0 aliphatic heterocycles. The zero-order chi connectivity index (χ0) is 15.6. The summed E-state index contributed by atoms with van der Waals surface area (Å²) in [6, 6.07) is 7.11. The van der Waals surface area contributed by atoms with Crippen molar-refractivity contribution in [3.63, 3.8) is 0 Å². The molecule has 0 aliphatic carbocycles. The summed E-state index contributed by atoms with van der Waals surface area (Å²) in [5.41, 5.74) is 0.312. The third-order valence-corrected chi connectivity index (χ3v) is 2.63. The molecule has 2 aromatic carbocycles. The number of ether oxygens (including phenoxy) is 1. The molecule has 0 bridgehead atoms. The Bertz CT molecular complexity index is 662. The van der Waals surface area contributed by atoms with Crippen molar-refractivity contribution in [2.75, 3.05) is 0 Å². The Morgan fingerprint density at radius 3 is 2.05 bits per heavy atom. The Balaban J connectivity index is 2.42. The number of carbonyl (C=O) groups excluding carboxylic acids is 1. The molecule has 21 heavy (non-hydrogen) atoms. The molecule has 0 amide bonds. The van der Waals surface area contributed by atoms with E-state index in [-0.39, 0.29) is 11.1 Å². The van der Waals surface area contributed by atoms with Gasteiger partial charge in [0.15, 0.2) is 11.6 Å². The Labute approximate surface area is 115 Å². The number of alkyl halides is 3. The van der Waals surface area contributed by atoms with Crippen LogP contribution in [0.5, 0.6) is 5.75 Å². The molecule has 0 radical (unpaired) electrons. The lowest BCUT2D eigenvalue weighted by Crippen LogP contribution is -2.18. The fraction of sp³-hybridized carbons (Fsp3) is 0.0714.